The second kappa shape index (κ2) is 6.84. The molecule has 0 bridgehead atoms. The first kappa shape index (κ1) is 13.6. The first-order valence-corrected chi connectivity index (χ1v) is 7.89. The molecule has 2 aliphatic rings. The molecule has 2 heterocycles. The first-order valence-electron chi connectivity index (χ1n) is 7.89. The molecule has 0 spiro atoms. The third-order valence-electron chi connectivity index (χ3n) is 4.27. The molecule has 1 aromatic heterocycles. The lowest BCUT2D eigenvalue weighted by Crippen LogP contribution is -2.21. The van der Waals surface area contributed by atoms with Crippen molar-refractivity contribution in [2.45, 2.75) is 44.9 Å². The van der Waals surface area contributed by atoms with Crippen LogP contribution in [0, 0.1) is 0 Å². The zero-order valence-corrected chi connectivity index (χ0v) is 12.1. The summed E-state index contributed by atoms with van der Waals surface area (Å²) >= 11 is 0. The molecule has 0 unspecified atom stereocenters. The van der Waals surface area contributed by atoms with E-state index in [2.05, 4.69) is 26.7 Å². The summed E-state index contributed by atoms with van der Waals surface area (Å²) in [5, 5.41) is 6.89. The molecule has 0 atom stereocenters. The van der Waals surface area contributed by atoms with E-state index in [1.54, 1.807) is 11.9 Å². The van der Waals surface area contributed by atoms with Gasteiger partial charge in [-0.15, -0.1) is 0 Å². The van der Waals surface area contributed by atoms with Crippen molar-refractivity contribution in [1.29, 1.82) is 0 Å². The quantitative estimate of drug-likeness (QED) is 0.653. The van der Waals surface area contributed by atoms with E-state index in [1.807, 2.05) is 0 Å². The van der Waals surface area contributed by atoms with Gasteiger partial charge in [-0.3, -0.25) is 0 Å². The van der Waals surface area contributed by atoms with Crippen LogP contribution in [0.1, 0.15) is 43.4 Å². The minimum Gasteiger partial charge on any atom is -0.369 e. The Balaban J connectivity index is 1.61. The van der Waals surface area contributed by atoms with Crippen molar-refractivity contribution in [3.63, 3.8) is 0 Å². The van der Waals surface area contributed by atoms with Gasteiger partial charge < -0.3 is 10.6 Å². The average molecular weight is 272 g/mol. The summed E-state index contributed by atoms with van der Waals surface area (Å²) in [5.41, 5.74) is 4.20. The lowest BCUT2D eigenvalue weighted by molar-refractivity contribution is 0.683. The van der Waals surface area contributed by atoms with Gasteiger partial charge >= 0.3 is 0 Å². The number of anilines is 1. The molecule has 0 radical (unpaired) electrons. The van der Waals surface area contributed by atoms with Crippen molar-refractivity contribution in [1.82, 2.24) is 15.3 Å². The van der Waals surface area contributed by atoms with Gasteiger partial charge in [0.05, 0.1) is 0 Å². The minimum absolute atomic E-state index is 0.981. The normalized spacial score (nSPS) is 18.9. The van der Waals surface area contributed by atoms with Crippen LogP contribution in [0.15, 0.2) is 18.0 Å². The predicted molar refractivity (Wildman–Crippen MR) is 82.0 cm³/mol. The monoisotopic (exact) mass is 272 g/mol. The molecule has 20 heavy (non-hydrogen) atoms. The zero-order chi connectivity index (χ0) is 13.6. The molecule has 1 aromatic rings. The van der Waals surface area contributed by atoms with E-state index < -0.39 is 0 Å². The Morgan fingerprint density at radius 2 is 2.05 bits per heavy atom. The van der Waals surface area contributed by atoms with Crippen molar-refractivity contribution < 1.29 is 0 Å². The molecule has 4 nitrogen and oxygen atoms in total. The highest BCUT2D eigenvalue weighted by Crippen LogP contribution is 2.24. The van der Waals surface area contributed by atoms with Crippen molar-refractivity contribution in [2.75, 3.05) is 25.0 Å². The van der Waals surface area contributed by atoms with Gasteiger partial charge in [0.2, 0.25) is 0 Å². The third kappa shape index (κ3) is 3.37. The summed E-state index contributed by atoms with van der Waals surface area (Å²) in [4.78, 5) is 8.93. The summed E-state index contributed by atoms with van der Waals surface area (Å²) in [6.45, 7) is 3.13. The highest BCUT2D eigenvalue weighted by atomic mass is 15.0. The number of nitrogens with zero attached hydrogens (tertiary/aromatic N) is 2. The predicted octanol–water partition coefficient (Wildman–Crippen LogP) is 2.47. The lowest BCUT2D eigenvalue weighted by Gasteiger charge is -2.16. The van der Waals surface area contributed by atoms with Crippen LogP contribution in [0.4, 0.5) is 5.82 Å². The third-order valence-corrected chi connectivity index (χ3v) is 4.27. The van der Waals surface area contributed by atoms with Gasteiger partial charge in [-0.25, -0.2) is 9.97 Å². The van der Waals surface area contributed by atoms with E-state index in [-0.39, 0.29) is 0 Å². The second-order valence-corrected chi connectivity index (χ2v) is 5.70. The lowest BCUT2D eigenvalue weighted by atomic mass is 10.1. The number of hydrogen-bond donors (Lipinski definition) is 2. The van der Waals surface area contributed by atoms with Gasteiger partial charge in [0, 0.05) is 24.3 Å². The fourth-order valence-electron chi connectivity index (χ4n) is 3.09. The number of aryl methyl sites for hydroxylation is 1. The molecular weight excluding hydrogens is 248 g/mol. The maximum Gasteiger partial charge on any atom is 0.132 e. The summed E-state index contributed by atoms with van der Waals surface area (Å²) in [6.07, 6.45) is 12.4. The van der Waals surface area contributed by atoms with Crippen LogP contribution in [-0.4, -0.2) is 29.6 Å². The largest absolute Gasteiger partial charge is 0.369 e. The smallest absolute Gasteiger partial charge is 0.132 e. The molecule has 2 N–H and O–H groups in total. The van der Waals surface area contributed by atoms with Gasteiger partial charge in [0.15, 0.2) is 0 Å². The van der Waals surface area contributed by atoms with Crippen LogP contribution in [0.25, 0.3) is 0 Å². The molecule has 0 amide bonds. The second-order valence-electron chi connectivity index (χ2n) is 5.70. The van der Waals surface area contributed by atoms with E-state index in [1.165, 1.54) is 36.9 Å². The van der Waals surface area contributed by atoms with Gasteiger partial charge in [0.25, 0.3) is 0 Å². The standard InChI is InChI=1S/C16H24N4/c1-2-4-14-15(5-3-1)19-12-20-16(14)18-11-8-13-6-9-17-10-7-13/h6,12,17H,1-5,7-11H2,(H,18,19,20). The summed E-state index contributed by atoms with van der Waals surface area (Å²) in [5.74, 6) is 1.08. The van der Waals surface area contributed by atoms with E-state index >= 15 is 0 Å². The molecule has 3 rings (SSSR count). The van der Waals surface area contributed by atoms with Gasteiger partial charge in [0.1, 0.15) is 12.1 Å². The van der Waals surface area contributed by atoms with Crippen LogP contribution < -0.4 is 10.6 Å². The van der Waals surface area contributed by atoms with Crippen molar-refractivity contribution >= 4 is 5.82 Å². The Bertz CT molecular complexity index is 481. The fourth-order valence-corrected chi connectivity index (χ4v) is 3.09. The Labute approximate surface area is 121 Å². The molecule has 0 saturated carbocycles. The SMILES string of the molecule is C1=C(CCNc2ncnc3c2CCCCC3)CCNC1. The highest BCUT2D eigenvalue weighted by molar-refractivity contribution is 5.46. The summed E-state index contributed by atoms with van der Waals surface area (Å²) in [7, 11) is 0. The molecule has 1 aliphatic carbocycles. The van der Waals surface area contributed by atoms with Crippen LogP contribution in [-0.2, 0) is 12.8 Å². The molecule has 4 heteroatoms. The maximum atomic E-state index is 4.47. The van der Waals surface area contributed by atoms with Gasteiger partial charge in [-0.05, 0) is 45.1 Å². The highest BCUT2D eigenvalue weighted by Gasteiger charge is 2.14. The van der Waals surface area contributed by atoms with E-state index in [9.17, 15) is 0 Å². The molecule has 108 valence electrons. The average Bonchev–Trinajstić information content (AvgIpc) is 2.74. The number of rotatable bonds is 4. The van der Waals surface area contributed by atoms with Crippen molar-refractivity contribution in [2.24, 2.45) is 0 Å². The van der Waals surface area contributed by atoms with E-state index in [0.29, 0.717) is 0 Å². The number of aromatic nitrogens is 2. The van der Waals surface area contributed by atoms with Crippen LogP contribution >= 0.6 is 0 Å². The van der Waals surface area contributed by atoms with E-state index in [0.717, 1.165) is 44.7 Å². The molecule has 1 aliphatic heterocycles. The fraction of sp³-hybridized carbons (Fsp3) is 0.625. The van der Waals surface area contributed by atoms with Crippen molar-refractivity contribution in [3.05, 3.63) is 29.2 Å². The van der Waals surface area contributed by atoms with E-state index in [4.69, 9.17) is 0 Å². The van der Waals surface area contributed by atoms with Crippen LogP contribution in [0.3, 0.4) is 0 Å². The maximum absolute atomic E-state index is 4.47. The van der Waals surface area contributed by atoms with Crippen LogP contribution in [0.5, 0.6) is 0 Å². The topological polar surface area (TPSA) is 49.8 Å². The summed E-state index contributed by atoms with van der Waals surface area (Å²) < 4.78 is 0. The Hall–Kier alpha value is -1.42. The molecule has 0 aromatic carbocycles. The number of nitrogens with one attached hydrogen (secondary N) is 2. The zero-order valence-electron chi connectivity index (χ0n) is 12.1. The Kier molecular flexibility index (Phi) is 4.64. The Morgan fingerprint density at radius 3 is 2.95 bits per heavy atom. The summed E-state index contributed by atoms with van der Waals surface area (Å²) in [6, 6.07) is 0. The molecular formula is C16H24N4. The van der Waals surface area contributed by atoms with Crippen LogP contribution in [0.2, 0.25) is 0 Å². The molecule has 0 fully saturated rings. The van der Waals surface area contributed by atoms with Gasteiger partial charge in [-0.2, -0.15) is 0 Å². The Morgan fingerprint density at radius 1 is 1.10 bits per heavy atom. The van der Waals surface area contributed by atoms with Crippen molar-refractivity contribution in [3.8, 4) is 0 Å². The van der Waals surface area contributed by atoms with Gasteiger partial charge in [-0.1, -0.05) is 18.1 Å². The number of hydrogen-bond acceptors (Lipinski definition) is 4. The molecule has 0 saturated heterocycles. The number of fused-ring (bicyclic) bond motifs is 1. The minimum atomic E-state index is 0.981. The first-order chi connectivity index (χ1) is 9.93.